The van der Waals surface area contributed by atoms with Gasteiger partial charge in [-0.05, 0) is 54.6 Å². The maximum atomic E-state index is 4.53. The first-order chi connectivity index (χ1) is 10.3. The first-order valence-electron chi connectivity index (χ1n) is 8.33. The minimum Gasteiger partial charge on any atom is -0.356 e. The van der Waals surface area contributed by atoms with Crippen molar-refractivity contribution in [1.82, 2.24) is 10.2 Å². The number of benzene rings is 1. The molecule has 1 aromatic rings. The smallest absolute Gasteiger partial charge is 0.193 e. The number of hydrogen-bond donors (Lipinski definition) is 1. The molecule has 4 rings (SSSR count). The number of nitrogens with zero attached hydrogens (tertiary/aromatic N) is 2. The van der Waals surface area contributed by atoms with Gasteiger partial charge in [-0.3, -0.25) is 4.99 Å². The molecule has 3 nitrogen and oxygen atoms in total. The molecule has 0 atom stereocenters. The second-order valence-electron chi connectivity index (χ2n) is 6.98. The fourth-order valence-electron chi connectivity index (χ4n) is 3.85. The van der Waals surface area contributed by atoms with Crippen molar-refractivity contribution in [3.63, 3.8) is 0 Å². The van der Waals surface area contributed by atoms with Crippen LogP contribution >= 0.6 is 24.0 Å². The molecule has 4 heteroatoms. The van der Waals surface area contributed by atoms with E-state index in [1.807, 2.05) is 7.05 Å². The predicted molar refractivity (Wildman–Crippen MR) is 102 cm³/mol. The van der Waals surface area contributed by atoms with Crippen LogP contribution in [0.15, 0.2) is 29.3 Å². The highest BCUT2D eigenvalue weighted by Crippen LogP contribution is 2.60. The molecule has 0 bridgehead atoms. The summed E-state index contributed by atoms with van der Waals surface area (Å²) < 4.78 is 0. The molecule has 0 amide bonds. The number of halogens is 1. The fourth-order valence-corrected chi connectivity index (χ4v) is 3.85. The minimum atomic E-state index is 0. The van der Waals surface area contributed by atoms with Gasteiger partial charge >= 0.3 is 0 Å². The van der Waals surface area contributed by atoms with Crippen molar-refractivity contribution in [2.45, 2.75) is 38.6 Å². The standard InChI is InChI=1S/C18H25N3.HI/c1-19-17(20-13-18(9-10-18)16-6-7-16)21-11-8-14-4-2-3-5-15(14)12-21;/h2-5,16H,6-13H2,1H3,(H,19,20);1H. The number of guanidine groups is 1. The van der Waals surface area contributed by atoms with Crippen molar-refractivity contribution in [2.75, 3.05) is 20.1 Å². The quantitative estimate of drug-likeness (QED) is 0.469. The third kappa shape index (κ3) is 3.12. The molecule has 1 aliphatic heterocycles. The van der Waals surface area contributed by atoms with Crippen LogP contribution in [0.3, 0.4) is 0 Å². The molecule has 1 N–H and O–H groups in total. The first kappa shape index (κ1) is 16.1. The van der Waals surface area contributed by atoms with Crippen molar-refractivity contribution < 1.29 is 0 Å². The second kappa shape index (κ2) is 6.38. The summed E-state index contributed by atoms with van der Waals surface area (Å²) in [6.07, 6.45) is 6.88. The lowest BCUT2D eigenvalue weighted by Crippen LogP contribution is -2.45. The summed E-state index contributed by atoms with van der Waals surface area (Å²) in [4.78, 5) is 6.93. The van der Waals surface area contributed by atoms with E-state index in [2.05, 4.69) is 39.5 Å². The molecular weight excluding hydrogens is 385 g/mol. The van der Waals surface area contributed by atoms with Crippen LogP contribution in [-0.4, -0.2) is 31.0 Å². The molecule has 0 spiro atoms. The van der Waals surface area contributed by atoms with E-state index in [0.717, 1.165) is 37.9 Å². The molecule has 2 aliphatic carbocycles. The van der Waals surface area contributed by atoms with E-state index in [9.17, 15) is 0 Å². The Labute approximate surface area is 150 Å². The van der Waals surface area contributed by atoms with Crippen LogP contribution in [0.25, 0.3) is 0 Å². The predicted octanol–water partition coefficient (Wildman–Crippen LogP) is 3.43. The summed E-state index contributed by atoms with van der Waals surface area (Å²) in [5.41, 5.74) is 3.58. The van der Waals surface area contributed by atoms with E-state index < -0.39 is 0 Å². The van der Waals surface area contributed by atoms with E-state index >= 15 is 0 Å². The van der Waals surface area contributed by atoms with Crippen LogP contribution in [0.2, 0.25) is 0 Å². The molecule has 3 aliphatic rings. The number of fused-ring (bicyclic) bond motifs is 1. The lowest BCUT2D eigenvalue weighted by molar-refractivity contribution is 0.362. The summed E-state index contributed by atoms with van der Waals surface area (Å²) in [7, 11) is 1.92. The van der Waals surface area contributed by atoms with Gasteiger partial charge in [0, 0.05) is 26.7 Å². The molecule has 0 unspecified atom stereocenters. The van der Waals surface area contributed by atoms with Crippen LogP contribution in [-0.2, 0) is 13.0 Å². The van der Waals surface area contributed by atoms with Gasteiger partial charge in [0.05, 0.1) is 0 Å². The molecule has 120 valence electrons. The summed E-state index contributed by atoms with van der Waals surface area (Å²) in [6.45, 7) is 3.20. The van der Waals surface area contributed by atoms with Crippen molar-refractivity contribution in [3.8, 4) is 0 Å². The van der Waals surface area contributed by atoms with E-state index in [-0.39, 0.29) is 24.0 Å². The Balaban J connectivity index is 0.00000144. The third-order valence-corrected chi connectivity index (χ3v) is 5.58. The van der Waals surface area contributed by atoms with E-state index in [0.29, 0.717) is 5.41 Å². The van der Waals surface area contributed by atoms with Gasteiger partial charge in [0.1, 0.15) is 0 Å². The zero-order valence-corrected chi connectivity index (χ0v) is 15.7. The second-order valence-corrected chi connectivity index (χ2v) is 6.98. The Hall–Kier alpha value is -0.780. The Bertz CT molecular complexity index is 561. The van der Waals surface area contributed by atoms with Crippen LogP contribution in [0.1, 0.15) is 36.8 Å². The van der Waals surface area contributed by atoms with E-state index in [1.54, 1.807) is 0 Å². The molecule has 2 fully saturated rings. The van der Waals surface area contributed by atoms with Gasteiger partial charge in [-0.2, -0.15) is 0 Å². The van der Waals surface area contributed by atoms with Crippen LogP contribution in [0, 0.1) is 11.3 Å². The van der Waals surface area contributed by atoms with E-state index in [1.165, 1.54) is 36.8 Å². The van der Waals surface area contributed by atoms with Crippen LogP contribution < -0.4 is 5.32 Å². The molecule has 2 saturated carbocycles. The van der Waals surface area contributed by atoms with Gasteiger partial charge in [0.15, 0.2) is 5.96 Å². The summed E-state index contributed by atoms with van der Waals surface area (Å²) in [5, 5.41) is 3.67. The third-order valence-electron chi connectivity index (χ3n) is 5.58. The van der Waals surface area contributed by atoms with Crippen molar-refractivity contribution in [1.29, 1.82) is 0 Å². The van der Waals surface area contributed by atoms with Gasteiger partial charge in [-0.1, -0.05) is 24.3 Å². The van der Waals surface area contributed by atoms with Crippen LogP contribution in [0.5, 0.6) is 0 Å². The van der Waals surface area contributed by atoms with Gasteiger partial charge in [-0.15, -0.1) is 24.0 Å². The Morgan fingerprint density at radius 1 is 1.27 bits per heavy atom. The number of nitrogens with one attached hydrogen (secondary N) is 1. The Kier molecular flexibility index (Phi) is 4.67. The summed E-state index contributed by atoms with van der Waals surface area (Å²) >= 11 is 0. The normalized spacial score (nSPS) is 22.6. The highest BCUT2D eigenvalue weighted by atomic mass is 127. The van der Waals surface area contributed by atoms with Gasteiger partial charge in [0.25, 0.3) is 0 Å². The SMILES string of the molecule is CN=C(NCC1(C2CC2)CC1)N1CCc2ccccc2C1.I. The summed E-state index contributed by atoms with van der Waals surface area (Å²) in [5.74, 6) is 2.10. The molecule has 22 heavy (non-hydrogen) atoms. The zero-order valence-electron chi connectivity index (χ0n) is 13.3. The average molecular weight is 411 g/mol. The maximum Gasteiger partial charge on any atom is 0.193 e. The van der Waals surface area contributed by atoms with Crippen molar-refractivity contribution in [3.05, 3.63) is 35.4 Å². The molecule has 0 aromatic heterocycles. The number of rotatable bonds is 3. The Morgan fingerprint density at radius 3 is 2.64 bits per heavy atom. The number of aliphatic imine (C=N–C) groups is 1. The van der Waals surface area contributed by atoms with E-state index in [4.69, 9.17) is 0 Å². The fraction of sp³-hybridized carbons (Fsp3) is 0.611. The highest BCUT2D eigenvalue weighted by molar-refractivity contribution is 14.0. The molecule has 0 radical (unpaired) electrons. The van der Waals surface area contributed by atoms with Gasteiger partial charge < -0.3 is 10.2 Å². The maximum absolute atomic E-state index is 4.53. The van der Waals surface area contributed by atoms with Crippen molar-refractivity contribution in [2.24, 2.45) is 16.3 Å². The first-order valence-corrected chi connectivity index (χ1v) is 8.33. The van der Waals surface area contributed by atoms with Crippen LogP contribution in [0.4, 0.5) is 0 Å². The molecular formula is C18H26IN3. The van der Waals surface area contributed by atoms with Gasteiger partial charge in [-0.25, -0.2) is 0 Å². The monoisotopic (exact) mass is 411 g/mol. The highest BCUT2D eigenvalue weighted by Gasteiger charge is 2.53. The molecule has 1 aromatic carbocycles. The van der Waals surface area contributed by atoms with Gasteiger partial charge in [0.2, 0.25) is 0 Å². The zero-order chi connectivity index (χ0) is 14.3. The molecule has 0 saturated heterocycles. The Morgan fingerprint density at radius 2 is 2.00 bits per heavy atom. The van der Waals surface area contributed by atoms with Crippen molar-refractivity contribution >= 4 is 29.9 Å². The largest absolute Gasteiger partial charge is 0.356 e. The number of hydrogen-bond acceptors (Lipinski definition) is 1. The lowest BCUT2D eigenvalue weighted by atomic mass is 10.00. The molecule has 1 heterocycles. The topological polar surface area (TPSA) is 27.6 Å². The lowest BCUT2D eigenvalue weighted by Gasteiger charge is -2.32. The summed E-state index contributed by atoms with van der Waals surface area (Å²) in [6, 6.07) is 8.80. The minimum absolute atomic E-state index is 0. The average Bonchev–Trinajstić information content (AvgIpc) is 3.39.